The van der Waals surface area contributed by atoms with Gasteiger partial charge in [0, 0.05) is 40.7 Å². The maximum Gasteiger partial charge on any atom is 0.245 e. The Balaban J connectivity index is 1.16. The van der Waals surface area contributed by atoms with Crippen molar-refractivity contribution in [3.05, 3.63) is 71.2 Å². The number of rotatable bonds is 8. The average Bonchev–Trinajstić information content (AvgIpc) is 3.28. The Kier molecular flexibility index (Phi) is 6.61. The molecule has 3 aromatic rings. The summed E-state index contributed by atoms with van der Waals surface area (Å²) in [4.78, 5) is 33.8. The van der Waals surface area contributed by atoms with Crippen LogP contribution >= 0.6 is 0 Å². The Labute approximate surface area is 255 Å². The summed E-state index contributed by atoms with van der Waals surface area (Å²) in [7, 11) is 0. The number of hydrogen-bond donors (Lipinski definition) is 2. The number of para-hydroxylation sites is 1. The Bertz CT molecular complexity index is 1550. The fraction of sp³-hybridized carbons (Fsp3) is 0.568. The van der Waals surface area contributed by atoms with E-state index in [4.69, 9.17) is 0 Å². The average molecular weight is 584 g/mol. The highest BCUT2D eigenvalue weighted by molar-refractivity contribution is 5.92. The molecule has 5 saturated carbocycles. The number of hydrogen-bond acceptors (Lipinski definition) is 2. The van der Waals surface area contributed by atoms with Crippen molar-refractivity contribution in [2.24, 2.45) is 29.1 Å². The lowest BCUT2D eigenvalue weighted by Crippen LogP contribution is -2.65. The van der Waals surface area contributed by atoms with E-state index in [0.717, 1.165) is 30.5 Å². The molecule has 5 aliphatic rings. The molecule has 4 bridgehead atoms. The van der Waals surface area contributed by atoms with E-state index in [1.807, 2.05) is 19.9 Å². The van der Waals surface area contributed by atoms with E-state index in [9.17, 15) is 14.0 Å². The van der Waals surface area contributed by atoms with Gasteiger partial charge in [0.05, 0.1) is 0 Å². The maximum absolute atomic E-state index is 15.0. The Morgan fingerprint density at radius 1 is 0.977 bits per heavy atom. The largest absolute Gasteiger partial charge is 0.358 e. The summed E-state index contributed by atoms with van der Waals surface area (Å²) in [6, 6.07) is 15.0. The molecule has 5 aliphatic carbocycles. The molecule has 1 aromatic heterocycles. The van der Waals surface area contributed by atoms with E-state index in [-0.39, 0.29) is 47.0 Å². The first kappa shape index (κ1) is 28.6. The molecule has 6 heteroatoms. The van der Waals surface area contributed by atoms with Crippen LogP contribution in [0.15, 0.2) is 48.5 Å². The number of aromatic amines is 1. The van der Waals surface area contributed by atoms with Crippen LogP contribution in [0.1, 0.15) is 95.4 Å². The fourth-order valence-electron chi connectivity index (χ4n) is 9.87. The van der Waals surface area contributed by atoms with Crippen molar-refractivity contribution in [1.29, 1.82) is 0 Å². The van der Waals surface area contributed by atoms with Crippen molar-refractivity contribution in [3.63, 3.8) is 0 Å². The van der Waals surface area contributed by atoms with Gasteiger partial charge in [0.1, 0.15) is 11.4 Å². The van der Waals surface area contributed by atoms with Crippen LogP contribution in [0.25, 0.3) is 10.9 Å². The SMILES string of the molecule is Cc1[nH]c2ccccc2c1C1C(CC(=O)N(Cc2ccccc2F)C(C)(C)C(=O)NC23CC4CC(CC(C4)C2)C3)C1(C)C. The third-order valence-electron chi connectivity index (χ3n) is 11.9. The summed E-state index contributed by atoms with van der Waals surface area (Å²) in [5.41, 5.74) is 2.63. The van der Waals surface area contributed by atoms with Crippen LogP contribution in [0, 0.1) is 41.8 Å². The van der Waals surface area contributed by atoms with E-state index < -0.39 is 5.54 Å². The molecule has 0 saturated heterocycles. The molecular weight excluding hydrogens is 537 g/mol. The smallest absolute Gasteiger partial charge is 0.245 e. The number of benzene rings is 2. The topological polar surface area (TPSA) is 65.2 Å². The molecule has 2 atom stereocenters. The summed E-state index contributed by atoms with van der Waals surface area (Å²) in [5.74, 6) is 1.91. The maximum atomic E-state index is 15.0. The number of aryl methyl sites for hydroxylation is 1. The molecule has 2 amide bonds. The molecule has 2 N–H and O–H groups in total. The predicted molar refractivity (Wildman–Crippen MR) is 168 cm³/mol. The van der Waals surface area contributed by atoms with Crippen LogP contribution in [0.3, 0.4) is 0 Å². The van der Waals surface area contributed by atoms with Crippen LogP contribution in [0.2, 0.25) is 0 Å². The molecule has 8 rings (SSSR count). The highest BCUT2D eigenvalue weighted by Gasteiger charge is 2.60. The standard InChI is InChI=1S/C37H46FN3O2/c1-22-32(27-11-7-9-13-30(27)39-22)33-28(35(33,2)3)17-31(42)41(21-26-10-6-8-12-29(26)38)36(4,5)34(43)40-37-18-23-14-24(19-37)16-25(15-23)20-37/h6-13,23-25,28,33,39H,14-21H2,1-5H3,(H,40,43). The lowest BCUT2D eigenvalue weighted by Gasteiger charge is -2.57. The Morgan fingerprint density at radius 3 is 2.23 bits per heavy atom. The van der Waals surface area contributed by atoms with Gasteiger partial charge < -0.3 is 15.2 Å². The number of nitrogens with one attached hydrogen (secondary N) is 2. The summed E-state index contributed by atoms with van der Waals surface area (Å²) in [6.45, 7) is 10.4. The second-order valence-electron chi connectivity index (χ2n) is 15.6. The first-order valence-corrected chi connectivity index (χ1v) is 16.3. The van der Waals surface area contributed by atoms with Crippen molar-refractivity contribution in [1.82, 2.24) is 15.2 Å². The second kappa shape index (κ2) is 9.93. The Morgan fingerprint density at radius 2 is 1.58 bits per heavy atom. The summed E-state index contributed by atoms with van der Waals surface area (Å²) in [6.07, 6.45) is 7.34. The van der Waals surface area contributed by atoms with Crippen molar-refractivity contribution in [2.45, 2.75) is 103 Å². The number of fused-ring (bicyclic) bond motifs is 1. The molecule has 2 unspecified atom stereocenters. The van der Waals surface area contributed by atoms with Crippen LogP contribution in [-0.2, 0) is 16.1 Å². The second-order valence-corrected chi connectivity index (χ2v) is 15.6. The highest BCUT2D eigenvalue weighted by atomic mass is 19.1. The third kappa shape index (κ3) is 4.80. The third-order valence-corrected chi connectivity index (χ3v) is 11.9. The zero-order valence-corrected chi connectivity index (χ0v) is 26.3. The molecule has 5 nitrogen and oxygen atoms in total. The van der Waals surface area contributed by atoms with Gasteiger partial charge in [0.2, 0.25) is 11.8 Å². The number of nitrogens with zero attached hydrogens (tertiary/aromatic N) is 1. The van der Waals surface area contributed by atoms with E-state index in [1.165, 1.54) is 36.3 Å². The minimum atomic E-state index is -1.13. The number of halogens is 1. The molecule has 228 valence electrons. The number of aromatic nitrogens is 1. The quantitative estimate of drug-likeness (QED) is 0.286. The number of carbonyl (C=O) groups is 2. The van der Waals surface area contributed by atoms with Crippen molar-refractivity contribution in [3.8, 4) is 0 Å². The molecule has 5 fully saturated rings. The summed E-state index contributed by atoms with van der Waals surface area (Å²) >= 11 is 0. The molecule has 0 spiro atoms. The molecular formula is C37H46FN3O2. The van der Waals surface area contributed by atoms with Gasteiger partial charge in [0.15, 0.2) is 0 Å². The van der Waals surface area contributed by atoms with Crippen molar-refractivity contribution >= 4 is 22.7 Å². The van der Waals surface area contributed by atoms with Crippen molar-refractivity contribution in [2.75, 3.05) is 0 Å². The zero-order valence-electron chi connectivity index (χ0n) is 26.3. The first-order valence-electron chi connectivity index (χ1n) is 16.3. The van der Waals surface area contributed by atoms with Gasteiger partial charge in [-0.05, 0) is 112 Å². The van der Waals surface area contributed by atoms with Crippen molar-refractivity contribution < 1.29 is 14.0 Å². The van der Waals surface area contributed by atoms with Gasteiger partial charge in [-0.1, -0.05) is 50.2 Å². The van der Waals surface area contributed by atoms with E-state index >= 15 is 0 Å². The van der Waals surface area contributed by atoms with Gasteiger partial charge in [-0.25, -0.2) is 4.39 Å². The lowest BCUT2D eigenvalue weighted by molar-refractivity contribution is -0.150. The predicted octanol–water partition coefficient (Wildman–Crippen LogP) is 7.64. The van der Waals surface area contributed by atoms with Crippen LogP contribution in [-0.4, -0.2) is 32.8 Å². The van der Waals surface area contributed by atoms with Crippen LogP contribution in [0.5, 0.6) is 0 Å². The first-order chi connectivity index (χ1) is 20.4. The Hall–Kier alpha value is -3.15. The number of carbonyl (C=O) groups excluding carboxylic acids is 2. The fourth-order valence-corrected chi connectivity index (χ4v) is 9.87. The van der Waals surface area contributed by atoms with Crippen LogP contribution < -0.4 is 5.32 Å². The van der Waals surface area contributed by atoms with Gasteiger partial charge in [-0.3, -0.25) is 9.59 Å². The molecule has 2 aromatic carbocycles. The van der Waals surface area contributed by atoms with Gasteiger partial charge in [0.25, 0.3) is 0 Å². The minimum Gasteiger partial charge on any atom is -0.358 e. The van der Waals surface area contributed by atoms with Gasteiger partial charge in [-0.2, -0.15) is 0 Å². The monoisotopic (exact) mass is 583 g/mol. The van der Waals surface area contributed by atoms with E-state index in [0.29, 0.717) is 29.7 Å². The lowest BCUT2D eigenvalue weighted by atomic mass is 9.53. The molecule has 43 heavy (non-hydrogen) atoms. The highest BCUT2D eigenvalue weighted by Crippen LogP contribution is 2.67. The van der Waals surface area contributed by atoms with Gasteiger partial charge >= 0.3 is 0 Å². The van der Waals surface area contributed by atoms with E-state index in [1.54, 1.807) is 23.1 Å². The van der Waals surface area contributed by atoms with Gasteiger partial charge in [-0.15, -0.1) is 0 Å². The molecule has 0 aliphatic heterocycles. The van der Waals surface area contributed by atoms with E-state index in [2.05, 4.69) is 49.3 Å². The number of amides is 2. The summed E-state index contributed by atoms with van der Waals surface area (Å²) in [5, 5.41) is 4.73. The minimum absolute atomic E-state index is 0.0662. The summed E-state index contributed by atoms with van der Waals surface area (Å²) < 4.78 is 15.0. The molecule has 0 radical (unpaired) electrons. The molecule has 1 heterocycles. The normalized spacial score (nSPS) is 30.4. The zero-order chi connectivity index (χ0) is 30.3. The number of H-pyrrole nitrogens is 1. The van der Waals surface area contributed by atoms with Crippen LogP contribution in [0.4, 0.5) is 4.39 Å².